The van der Waals surface area contributed by atoms with Gasteiger partial charge in [-0.15, -0.1) is 0 Å². The zero-order valence-corrected chi connectivity index (χ0v) is 8.29. The smallest absolute Gasteiger partial charge is 0.0360 e. The molecule has 1 aliphatic rings. The maximum absolute atomic E-state index is 4.43. The second kappa shape index (κ2) is 5.18. The molecule has 1 fully saturated rings. The van der Waals surface area contributed by atoms with Gasteiger partial charge in [0.2, 0.25) is 0 Å². The highest BCUT2D eigenvalue weighted by atomic mass is 15.4. The van der Waals surface area contributed by atoms with Gasteiger partial charge in [0, 0.05) is 19.3 Å². The van der Waals surface area contributed by atoms with Crippen LogP contribution >= 0.6 is 0 Å². The van der Waals surface area contributed by atoms with Crippen molar-refractivity contribution in [3.8, 4) is 0 Å². The van der Waals surface area contributed by atoms with Gasteiger partial charge in [-0.05, 0) is 31.6 Å². The fourth-order valence-corrected chi connectivity index (χ4v) is 1.37. The van der Waals surface area contributed by atoms with Crippen LogP contribution in [0.1, 0.15) is 39.5 Å². The van der Waals surface area contributed by atoms with Crippen molar-refractivity contribution in [3.05, 3.63) is 0 Å². The summed E-state index contributed by atoms with van der Waals surface area (Å²) in [6.45, 7) is 6.77. The first-order valence-electron chi connectivity index (χ1n) is 5.06. The molecule has 0 atom stereocenters. The van der Waals surface area contributed by atoms with Gasteiger partial charge >= 0.3 is 0 Å². The molecule has 0 unspecified atom stereocenters. The van der Waals surface area contributed by atoms with E-state index in [1.54, 1.807) is 0 Å². The van der Waals surface area contributed by atoms with Crippen molar-refractivity contribution in [1.82, 2.24) is 5.01 Å². The van der Waals surface area contributed by atoms with Gasteiger partial charge in [-0.2, -0.15) is 5.10 Å². The maximum atomic E-state index is 4.43. The lowest BCUT2D eigenvalue weighted by atomic mass is 10.1. The van der Waals surface area contributed by atoms with Crippen LogP contribution in [0, 0.1) is 5.92 Å². The van der Waals surface area contributed by atoms with Crippen LogP contribution in [0.3, 0.4) is 0 Å². The monoisotopic (exact) mass is 168 g/mol. The zero-order chi connectivity index (χ0) is 8.81. The lowest BCUT2D eigenvalue weighted by Crippen LogP contribution is -2.24. The van der Waals surface area contributed by atoms with E-state index in [1.807, 2.05) is 0 Å². The van der Waals surface area contributed by atoms with Crippen LogP contribution in [0.25, 0.3) is 0 Å². The fraction of sp³-hybridized carbons (Fsp3) is 0.900. The molecular weight excluding hydrogens is 148 g/mol. The topological polar surface area (TPSA) is 15.6 Å². The van der Waals surface area contributed by atoms with E-state index < -0.39 is 0 Å². The third-order valence-electron chi connectivity index (χ3n) is 2.15. The van der Waals surface area contributed by atoms with E-state index in [0.29, 0.717) is 0 Å². The van der Waals surface area contributed by atoms with Crippen LogP contribution in [0.4, 0.5) is 0 Å². The molecule has 0 radical (unpaired) electrons. The molecule has 0 saturated carbocycles. The SMILES string of the molecule is CC(C)C/C=N/N1CCCCC1. The van der Waals surface area contributed by atoms with Crippen molar-refractivity contribution in [1.29, 1.82) is 0 Å². The van der Waals surface area contributed by atoms with Crippen molar-refractivity contribution in [2.24, 2.45) is 11.0 Å². The number of hydrazone groups is 1. The molecule has 0 aromatic rings. The van der Waals surface area contributed by atoms with E-state index >= 15 is 0 Å². The highest BCUT2D eigenvalue weighted by Gasteiger charge is 2.05. The Hall–Kier alpha value is -0.530. The molecule has 70 valence electrons. The third kappa shape index (κ3) is 3.74. The Morgan fingerprint density at radius 2 is 1.92 bits per heavy atom. The molecule has 0 spiro atoms. The Bertz CT molecular complexity index is 135. The van der Waals surface area contributed by atoms with Gasteiger partial charge in [-0.3, -0.25) is 5.01 Å². The Balaban J connectivity index is 2.15. The van der Waals surface area contributed by atoms with Crippen LogP contribution < -0.4 is 0 Å². The van der Waals surface area contributed by atoms with E-state index in [-0.39, 0.29) is 0 Å². The summed E-state index contributed by atoms with van der Waals surface area (Å²) in [5, 5.41) is 6.63. The van der Waals surface area contributed by atoms with Crippen LogP contribution in [-0.2, 0) is 0 Å². The molecule has 0 amide bonds. The number of piperidine rings is 1. The van der Waals surface area contributed by atoms with E-state index in [9.17, 15) is 0 Å². The molecule has 2 heteroatoms. The average molecular weight is 168 g/mol. The summed E-state index contributed by atoms with van der Waals surface area (Å²) in [5.74, 6) is 0.735. The summed E-state index contributed by atoms with van der Waals surface area (Å²) in [5.41, 5.74) is 0. The van der Waals surface area contributed by atoms with Gasteiger partial charge in [-0.1, -0.05) is 13.8 Å². The van der Waals surface area contributed by atoms with Crippen molar-refractivity contribution < 1.29 is 0 Å². The van der Waals surface area contributed by atoms with Crippen LogP contribution in [-0.4, -0.2) is 24.3 Å². The molecule has 1 aliphatic heterocycles. The minimum absolute atomic E-state index is 0.735. The Morgan fingerprint density at radius 1 is 1.25 bits per heavy atom. The Labute approximate surface area is 75.6 Å². The Morgan fingerprint density at radius 3 is 2.50 bits per heavy atom. The van der Waals surface area contributed by atoms with Crippen molar-refractivity contribution in [2.45, 2.75) is 39.5 Å². The van der Waals surface area contributed by atoms with Gasteiger partial charge in [0.1, 0.15) is 0 Å². The van der Waals surface area contributed by atoms with E-state index in [4.69, 9.17) is 0 Å². The first-order valence-corrected chi connectivity index (χ1v) is 5.06. The summed E-state index contributed by atoms with van der Waals surface area (Å²) in [6, 6.07) is 0. The molecular formula is C10H20N2. The van der Waals surface area contributed by atoms with Crippen molar-refractivity contribution >= 4 is 6.21 Å². The van der Waals surface area contributed by atoms with E-state index in [1.165, 1.54) is 19.3 Å². The second-order valence-corrected chi connectivity index (χ2v) is 3.94. The van der Waals surface area contributed by atoms with Gasteiger partial charge in [0.05, 0.1) is 0 Å². The molecule has 1 rings (SSSR count). The Kier molecular flexibility index (Phi) is 4.12. The largest absolute Gasteiger partial charge is 0.297 e. The standard InChI is InChI=1S/C10H20N2/c1-10(2)6-7-11-12-8-4-3-5-9-12/h7,10H,3-6,8-9H2,1-2H3/b11-7+. The van der Waals surface area contributed by atoms with Crippen LogP contribution in [0.5, 0.6) is 0 Å². The van der Waals surface area contributed by atoms with Gasteiger partial charge in [0.15, 0.2) is 0 Å². The minimum atomic E-state index is 0.735. The van der Waals surface area contributed by atoms with Gasteiger partial charge in [0.25, 0.3) is 0 Å². The van der Waals surface area contributed by atoms with Crippen LogP contribution in [0.15, 0.2) is 5.10 Å². The third-order valence-corrected chi connectivity index (χ3v) is 2.15. The highest BCUT2D eigenvalue weighted by Crippen LogP contribution is 2.08. The first kappa shape index (κ1) is 9.56. The normalized spacial score (nSPS) is 19.4. The van der Waals surface area contributed by atoms with Crippen molar-refractivity contribution in [2.75, 3.05) is 13.1 Å². The molecule has 0 aromatic heterocycles. The highest BCUT2D eigenvalue weighted by molar-refractivity contribution is 5.56. The number of hydrogen-bond acceptors (Lipinski definition) is 2. The van der Waals surface area contributed by atoms with Crippen molar-refractivity contribution in [3.63, 3.8) is 0 Å². The molecule has 12 heavy (non-hydrogen) atoms. The second-order valence-electron chi connectivity index (χ2n) is 3.94. The summed E-state index contributed by atoms with van der Waals surface area (Å²) in [4.78, 5) is 0. The molecule has 0 N–H and O–H groups in total. The summed E-state index contributed by atoms with van der Waals surface area (Å²) in [6.07, 6.45) is 7.20. The number of nitrogens with zero attached hydrogens (tertiary/aromatic N) is 2. The van der Waals surface area contributed by atoms with E-state index in [2.05, 4.69) is 30.2 Å². The van der Waals surface area contributed by atoms with Gasteiger partial charge < -0.3 is 0 Å². The predicted octanol–water partition coefficient (Wildman–Crippen LogP) is 2.50. The molecule has 2 nitrogen and oxygen atoms in total. The summed E-state index contributed by atoms with van der Waals surface area (Å²) < 4.78 is 0. The number of rotatable bonds is 3. The summed E-state index contributed by atoms with van der Waals surface area (Å²) >= 11 is 0. The average Bonchev–Trinajstić information content (AvgIpc) is 2.05. The lowest BCUT2D eigenvalue weighted by Gasteiger charge is -2.23. The van der Waals surface area contributed by atoms with E-state index in [0.717, 1.165) is 25.4 Å². The number of hydrogen-bond donors (Lipinski definition) is 0. The minimum Gasteiger partial charge on any atom is -0.297 e. The molecule has 0 aliphatic carbocycles. The van der Waals surface area contributed by atoms with Crippen LogP contribution in [0.2, 0.25) is 0 Å². The first-order chi connectivity index (χ1) is 5.79. The maximum Gasteiger partial charge on any atom is 0.0360 e. The van der Waals surface area contributed by atoms with Gasteiger partial charge in [-0.25, -0.2) is 0 Å². The fourth-order valence-electron chi connectivity index (χ4n) is 1.37. The molecule has 0 aromatic carbocycles. The summed E-state index contributed by atoms with van der Waals surface area (Å²) in [7, 11) is 0. The quantitative estimate of drug-likeness (QED) is 0.591. The molecule has 1 heterocycles. The lowest BCUT2D eigenvalue weighted by molar-refractivity contribution is 0.240. The predicted molar refractivity (Wildman–Crippen MR) is 53.4 cm³/mol. The molecule has 1 saturated heterocycles. The molecule has 0 bridgehead atoms. The zero-order valence-electron chi connectivity index (χ0n) is 8.29.